The number of halogens is 3. The normalized spacial score (nSPS) is 16.6. The Hall–Kier alpha value is -1.84. The number of nitrogens with one attached hydrogen (secondary N) is 1. The molecule has 2 aromatic heterocycles. The van der Waals surface area contributed by atoms with Crippen molar-refractivity contribution in [2.24, 2.45) is 0 Å². The van der Waals surface area contributed by atoms with E-state index < -0.39 is 11.7 Å². The molecule has 0 amide bonds. The molecule has 0 spiro atoms. The number of aryl methyl sites for hydroxylation is 1. The minimum atomic E-state index is -4.41. The summed E-state index contributed by atoms with van der Waals surface area (Å²) in [6, 6.07) is 5.51. The van der Waals surface area contributed by atoms with Crippen LogP contribution in [-0.2, 0) is 25.6 Å². The molecule has 31 heavy (non-hydrogen) atoms. The molecule has 4 rings (SSSR count). The number of rotatable bonds is 7. The van der Waals surface area contributed by atoms with Crippen molar-refractivity contribution < 1.29 is 13.2 Å². The number of aromatic nitrogens is 2. The van der Waals surface area contributed by atoms with Gasteiger partial charge in [0.1, 0.15) is 4.83 Å². The summed E-state index contributed by atoms with van der Waals surface area (Å²) >= 11 is 3.41. The zero-order valence-corrected chi connectivity index (χ0v) is 18.8. The summed E-state index contributed by atoms with van der Waals surface area (Å²) in [6.45, 7) is 1.06. The number of benzene rings is 1. The lowest BCUT2D eigenvalue weighted by Crippen LogP contribution is -2.35. The van der Waals surface area contributed by atoms with E-state index in [0.29, 0.717) is 17.0 Å². The quantitative estimate of drug-likeness (QED) is 0.511. The highest BCUT2D eigenvalue weighted by Crippen LogP contribution is 2.34. The Kier molecular flexibility index (Phi) is 6.74. The largest absolute Gasteiger partial charge is 0.416 e. The summed E-state index contributed by atoms with van der Waals surface area (Å²) in [5.74, 6) is 1.14. The number of alkyl halides is 3. The SMILES string of the molecule is CSCCCN[C@@H]1CCc2c(sc3ncn(Cc4cccc(C(F)(F)F)c4)c(=O)c23)C1. The molecular formula is C22H24F3N3OS2. The molecule has 0 bridgehead atoms. The third kappa shape index (κ3) is 4.99. The summed E-state index contributed by atoms with van der Waals surface area (Å²) in [4.78, 5) is 19.5. The molecule has 3 aromatic rings. The summed E-state index contributed by atoms with van der Waals surface area (Å²) in [6.07, 6.45) is 2.97. The van der Waals surface area contributed by atoms with Gasteiger partial charge < -0.3 is 5.32 Å². The first-order chi connectivity index (χ1) is 14.9. The van der Waals surface area contributed by atoms with Gasteiger partial charge in [-0.05, 0) is 67.5 Å². The van der Waals surface area contributed by atoms with E-state index in [1.807, 2.05) is 11.8 Å². The Bertz CT molecular complexity index is 1120. The monoisotopic (exact) mass is 467 g/mol. The van der Waals surface area contributed by atoms with Crippen molar-refractivity contribution in [2.45, 2.75) is 44.4 Å². The van der Waals surface area contributed by atoms with Gasteiger partial charge in [-0.2, -0.15) is 24.9 Å². The molecule has 2 heterocycles. The zero-order valence-electron chi connectivity index (χ0n) is 17.2. The van der Waals surface area contributed by atoms with Crippen molar-refractivity contribution in [3.8, 4) is 0 Å². The smallest absolute Gasteiger partial charge is 0.314 e. The van der Waals surface area contributed by atoms with Gasteiger partial charge in [-0.1, -0.05) is 12.1 Å². The average molecular weight is 468 g/mol. The number of hydrogen-bond acceptors (Lipinski definition) is 5. The van der Waals surface area contributed by atoms with Gasteiger partial charge in [0, 0.05) is 10.9 Å². The second-order valence-corrected chi connectivity index (χ2v) is 9.87. The molecule has 9 heteroatoms. The van der Waals surface area contributed by atoms with Gasteiger partial charge in [0.25, 0.3) is 5.56 Å². The van der Waals surface area contributed by atoms with E-state index >= 15 is 0 Å². The van der Waals surface area contributed by atoms with E-state index in [1.165, 1.54) is 21.8 Å². The van der Waals surface area contributed by atoms with E-state index in [0.717, 1.165) is 60.5 Å². The fraction of sp³-hybridized carbons (Fsp3) is 0.455. The van der Waals surface area contributed by atoms with Gasteiger partial charge in [-0.3, -0.25) is 9.36 Å². The lowest BCUT2D eigenvalue weighted by atomic mass is 9.93. The Balaban J connectivity index is 1.56. The molecule has 0 aliphatic heterocycles. The van der Waals surface area contributed by atoms with Gasteiger partial charge in [0.15, 0.2) is 0 Å². The van der Waals surface area contributed by atoms with Crippen LogP contribution in [0.15, 0.2) is 35.4 Å². The predicted molar refractivity (Wildman–Crippen MR) is 121 cm³/mol. The minimum Gasteiger partial charge on any atom is -0.314 e. The molecule has 166 valence electrons. The highest BCUT2D eigenvalue weighted by atomic mass is 32.2. The highest BCUT2D eigenvalue weighted by Gasteiger charge is 2.30. The van der Waals surface area contributed by atoms with Gasteiger partial charge >= 0.3 is 6.18 Å². The van der Waals surface area contributed by atoms with Crippen LogP contribution in [0.25, 0.3) is 10.2 Å². The van der Waals surface area contributed by atoms with Crippen LogP contribution in [0, 0.1) is 0 Å². The maximum absolute atomic E-state index is 13.2. The standard InChI is InChI=1S/C22H24F3N3OS2/c1-30-9-3-8-26-16-6-7-17-18(11-16)31-20-19(17)21(29)28(13-27-20)12-14-4-2-5-15(10-14)22(23,24)25/h2,4-5,10,13,16,26H,3,6-9,11-12H2,1H3/t16-/m1/s1. The molecule has 1 aliphatic rings. The fourth-order valence-electron chi connectivity index (χ4n) is 4.05. The maximum atomic E-state index is 13.2. The first-order valence-electron chi connectivity index (χ1n) is 10.2. The topological polar surface area (TPSA) is 46.9 Å². The average Bonchev–Trinajstić information content (AvgIpc) is 3.11. The van der Waals surface area contributed by atoms with Crippen LogP contribution in [0.4, 0.5) is 13.2 Å². The van der Waals surface area contributed by atoms with Crippen LogP contribution < -0.4 is 10.9 Å². The fourth-order valence-corrected chi connectivity index (χ4v) is 5.74. The molecule has 0 saturated heterocycles. The maximum Gasteiger partial charge on any atom is 0.416 e. The van der Waals surface area contributed by atoms with Crippen LogP contribution in [0.3, 0.4) is 0 Å². The number of fused-ring (bicyclic) bond motifs is 3. The Morgan fingerprint density at radius 3 is 2.97 bits per heavy atom. The van der Waals surface area contributed by atoms with E-state index in [1.54, 1.807) is 17.4 Å². The second-order valence-electron chi connectivity index (χ2n) is 7.80. The van der Waals surface area contributed by atoms with E-state index in [9.17, 15) is 18.0 Å². The van der Waals surface area contributed by atoms with Crippen molar-refractivity contribution >= 4 is 33.3 Å². The Morgan fingerprint density at radius 2 is 2.19 bits per heavy atom. The summed E-state index contributed by atoms with van der Waals surface area (Å²) in [5, 5.41) is 4.25. The van der Waals surface area contributed by atoms with Gasteiger partial charge in [-0.15, -0.1) is 11.3 Å². The Labute approximate surface area is 186 Å². The highest BCUT2D eigenvalue weighted by molar-refractivity contribution is 7.98. The molecule has 1 aliphatic carbocycles. The number of nitrogens with zero attached hydrogens (tertiary/aromatic N) is 2. The van der Waals surface area contributed by atoms with Crippen molar-refractivity contribution in [1.29, 1.82) is 0 Å². The molecule has 0 fully saturated rings. The van der Waals surface area contributed by atoms with Crippen LogP contribution in [0.1, 0.15) is 34.4 Å². The lowest BCUT2D eigenvalue weighted by Gasteiger charge is -2.23. The molecule has 4 nitrogen and oxygen atoms in total. The van der Waals surface area contributed by atoms with Gasteiger partial charge in [-0.25, -0.2) is 4.98 Å². The van der Waals surface area contributed by atoms with Crippen molar-refractivity contribution in [2.75, 3.05) is 18.6 Å². The molecule has 0 radical (unpaired) electrons. The number of hydrogen-bond donors (Lipinski definition) is 1. The van der Waals surface area contributed by atoms with Crippen LogP contribution in [-0.4, -0.2) is 34.1 Å². The molecule has 1 aromatic carbocycles. The summed E-state index contributed by atoms with van der Waals surface area (Å²) < 4.78 is 40.4. The third-order valence-electron chi connectivity index (χ3n) is 5.60. The second kappa shape index (κ2) is 9.34. The zero-order chi connectivity index (χ0) is 22.0. The number of thioether (sulfide) groups is 1. The third-order valence-corrected chi connectivity index (χ3v) is 7.46. The molecule has 0 saturated carbocycles. The summed E-state index contributed by atoms with van der Waals surface area (Å²) in [5.41, 5.74) is 0.608. The van der Waals surface area contributed by atoms with Gasteiger partial charge in [0.2, 0.25) is 0 Å². The molecular weight excluding hydrogens is 443 g/mol. The van der Waals surface area contributed by atoms with Gasteiger partial charge in [0.05, 0.1) is 23.8 Å². The molecule has 1 N–H and O–H groups in total. The first-order valence-corrected chi connectivity index (χ1v) is 12.5. The summed E-state index contributed by atoms with van der Waals surface area (Å²) in [7, 11) is 0. The van der Waals surface area contributed by atoms with E-state index in [2.05, 4.69) is 16.6 Å². The number of thiophene rings is 1. The van der Waals surface area contributed by atoms with Crippen LogP contribution in [0.2, 0.25) is 0 Å². The van der Waals surface area contributed by atoms with E-state index in [-0.39, 0.29) is 12.1 Å². The van der Waals surface area contributed by atoms with Crippen LogP contribution in [0.5, 0.6) is 0 Å². The van der Waals surface area contributed by atoms with Crippen molar-refractivity contribution in [3.63, 3.8) is 0 Å². The van der Waals surface area contributed by atoms with Crippen LogP contribution >= 0.6 is 23.1 Å². The van der Waals surface area contributed by atoms with Crippen molar-refractivity contribution in [3.05, 3.63) is 62.5 Å². The molecule has 1 atom stereocenters. The van der Waals surface area contributed by atoms with E-state index in [4.69, 9.17) is 0 Å². The lowest BCUT2D eigenvalue weighted by molar-refractivity contribution is -0.137. The predicted octanol–water partition coefficient (Wildman–Crippen LogP) is 4.73. The minimum absolute atomic E-state index is 0.0654. The molecule has 0 unspecified atom stereocenters. The first kappa shape index (κ1) is 22.4. The Morgan fingerprint density at radius 1 is 1.35 bits per heavy atom. The van der Waals surface area contributed by atoms with Crippen molar-refractivity contribution in [1.82, 2.24) is 14.9 Å².